The molecular weight excluding hydrogens is 478 g/mol. The highest BCUT2D eigenvalue weighted by Crippen LogP contribution is 2.36. The topological polar surface area (TPSA) is 132 Å². The molecule has 0 unspecified atom stereocenters. The molecule has 0 atom stereocenters. The number of carbonyl (C=O) groups excluding carboxylic acids is 1. The van der Waals surface area contributed by atoms with Gasteiger partial charge >= 0.3 is 12.1 Å². The molecule has 1 amide bonds. The highest BCUT2D eigenvalue weighted by molar-refractivity contribution is 6.12. The fourth-order valence-corrected chi connectivity index (χ4v) is 4.41. The highest BCUT2D eigenvalue weighted by Gasteiger charge is 2.31. The van der Waals surface area contributed by atoms with E-state index in [-0.39, 0.29) is 18.1 Å². The number of pyridine rings is 1. The number of imidazole rings is 1. The second kappa shape index (κ2) is 9.64. The first kappa shape index (κ1) is 25.8. The molecule has 4 aromatic rings. The van der Waals surface area contributed by atoms with Gasteiger partial charge in [-0.05, 0) is 52.3 Å². The Balaban J connectivity index is 1.99. The number of methoxy groups -OCH3 is 2. The van der Waals surface area contributed by atoms with Crippen LogP contribution in [0.3, 0.4) is 0 Å². The number of hydrogen-bond donors (Lipinski definition) is 2. The van der Waals surface area contributed by atoms with E-state index in [9.17, 15) is 14.7 Å². The number of nitrogens with one attached hydrogen (secondary N) is 1. The Morgan fingerprint density at radius 1 is 1.19 bits per heavy atom. The van der Waals surface area contributed by atoms with Crippen LogP contribution in [0.5, 0.6) is 11.5 Å². The zero-order valence-corrected chi connectivity index (χ0v) is 22.0. The lowest BCUT2D eigenvalue weighted by atomic mass is 10.1. The second-order valence-corrected chi connectivity index (χ2v) is 9.53. The van der Waals surface area contributed by atoms with Crippen LogP contribution in [0.1, 0.15) is 49.3 Å². The van der Waals surface area contributed by atoms with E-state index in [1.54, 1.807) is 57.6 Å². The molecule has 4 rings (SSSR count). The molecule has 37 heavy (non-hydrogen) atoms. The number of hydrogen-bond acceptors (Lipinski definition) is 7. The third-order valence-corrected chi connectivity index (χ3v) is 6.00. The van der Waals surface area contributed by atoms with Gasteiger partial charge in [-0.2, -0.15) is 0 Å². The average molecular weight is 510 g/mol. The van der Waals surface area contributed by atoms with E-state index in [0.29, 0.717) is 51.2 Å². The number of amides is 1. The van der Waals surface area contributed by atoms with Crippen molar-refractivity contribution in [2.75, 3.05) is 19.1 Å². The van der Waals surface area contributed by atoms with E-state index in [2.05, 4.69) is 9.97 Å². The van der Waals surface area contributed by atoms with E-state index in [0.717, 1.165) is 0 Å². The molecule has 2 N–H and O–H groups in total. The average Bonchev–Trinajstić information content (AvgIpc) is 3.43. The summed E-state index contributed by atoms with van der Waals surface area (Å²) in [5, 5.41) is 10.5. The van der Waals surface area contributed by atoms with Gasteiger partial charge in [-0.1, -0.05) is 0 Å². The van der Waals surface area contributed by atoms with Crippen LogP contribution in [0.15, 0.2) is 24.5 Å². The van der Waals surface area contributed by atoms with Gasteiger partial charge in [0, 0.05) is 18.2 Å². The lowest BCUT2D eigenvalue weighted by Crippen LogP contribution is -2.37. The van der Waals surface area contributed by atoms with Crippen LogP contribution in [0.2, 0.25) is 0 Å². The number of aromatic amines is 1. The molecule has 0 saturated heterocycles. The van der Waals surface area contributed by atoms with Crippen molar-refractivity contribution in [2.24, 2.45) is 0 Å². The first-order valence-corrected chi connectivity index (χ1v) is 11.8. The first-order chi connectivity index (χ1) is 17.5. The summed E-state index contributed by atoms with van der Waals surface area (Å²) >= 11 is 0. The number of aromatic carboxylic acids is 1. The molecule has 0 radical (unpaired) electrons. The van der Waals surface area contributed by atoms with Crippen LogP contribution in [-0.2, 0) is 17.8 Å². The fraction of sp³-hybridized carbons (Fsp3) is 0.385. The van der Waals surface area contributed by atoms with Gasteiger partial charge in [-0.25, -0.2) is 19.6 Å². The van der Waals surface area contributed by atoms with Gasteiger partial charge < -0.3 is 28.9 Å². The minimum Gasteiger partial charge on any atom is -0.497 e. The summed E-state index contributed by atoms with van der Waals surface area (Å²) in [5.74, 6) is 0.332. The van der Waals surface area contributed by atoms with Gasteiger partial charge in [-0.3, -0.25) is 4.90 Å². The highest BCUT2D eigenvalue weighted by atomic mass is 16.6. The Kier molecular flexibility index (Phi) is 6.72. The number of rotatable bonds is 7. The maximum absolute atomic E-state index is 13.6. The Labute approximate surface area is 214 Å². The number of carboxylic acid groups (broad SMARTS) is 1. The van der Waals surface area contributed by atoms with E-state index in [1.807, 2.05) is 6.92 Å². The summed E-state index contributed by atoms with van der Waals surface area (Å²) in [7, 11) is 3.10. The van der Waals surface area contributed by atoms with Crippen molar-refractivity contribution in [1.29, 1.82) is 0 Å². The van der Waals surface area contributed by atoms with E-state index in [1.165, 1.54) is 18.3 Å². The standard InChI is InChI=1S/C26H31N5O6/c1-8-30-21(24(32)33)14(2)18-19-20(28-13-27-19)23(29-22(18)30)31(25(34)37-26(3,4)5)12-15-9-10-16(35-6)11-17(15)36-7/h9-11,13H,8,12H2,1-7H3,(H,27,28)(H,32,33). The van der Waals surface area contributed by atoms with Crippen molar-refractivity contribution in [1.82, 2.24) is 19.5 Å². The van der Waals surface area contributed by atoms with Gasteiger partial charge in [0.1, 0.15) is 39.5 Å². The van der Waals surface area contributed by atoms with Crippen molar-refractivity contribution in [2.45, 2.75) is 53.3 Å². The zero-order chi connectivity index (χ0) is 27.1. The lowest BCUT2D eigenvalue weighted by Gasteiger charge is -2.27. The number of fused-ring (bicyclic) bond motifs is 3. The minimum atomic E-state index is -1.06. The Morgan fingerprint density at radius 2 is 1.92 bits per heavy atom. The number of nitrogens with zero attached hydrogens (tertiary/aromatic N) is 4. The lowest BCUT2D eigenvalue weighted by molar-refractivity contribution is 0.0575. The summed E-state index contributed by atoms with van der Waals surface area (Å²) in [6, 6.07) is 5.31. The number of aromatic nitrogens is 4. The Hall–Kier alpha value is -4.28. The molecule has 0 fully saturated rings. The quantitative estimate of drug-likeness (QED) is 0.360. The van der Waals surface area contributed by atoms with E-state index < -0.39 is 17.7 Å². The molecule has 0 aliphatic carbocycles. The van der Waals surface area contributed by atoms with Crippen LogP contribution < -0.4 is 14.4 Å². The normalized spacial score (nSPS) is 11.6. The number of carboxylic acids is 1. The summed E-state index contributed by atoms with van der Waals surface area (Å²) in [4.78, 5) is 39.5. The summed E-state index contributed by atoms with van der Waals surface area (Å²) in [5.41, 5.74) is 2.03. The fourth-order valence-electron chi connectivity index (χ4n) is 4.41. The SMILES string of the molecule is CCn1c(C(=O)O)c(C)c2c3nc[nH]c3c(N(Cc3ccc(OC)cc3OC)C(=O)OC(C)(C)C)nc21. The van der Waals surface area contributed by atoms with Crippen LogP contribution in [0, 0.1) is 6.92 Å². The van der Waals surface area contributed by atoms with Gasteiger partial charge in [0.25, 0.3) is 0 Å². The molecule has 0 spiro atoms. The summed E-state index contributed by atoms with van der Waals surface area (Å²) < 4.78 is 18.2. The van der Waals surface area contributed by atoms with Crippen molar-refractivity contribution >= 4 is 39.9 Å². The number of H-pyrrole nitrogens is 1. The van der Waals surface area contributed by atoms with E-state index >= 15 is 0 Å². The van der Waals surface area contributed by atoms with Crippen molar-refractivity contribution in [3.8, 4) is 11.5 Å². The molecule has 196 valence electrons. The molecule has 3 heterocycles. The van der Waals surface area contributed by atoms with Gasteiger partial charge in [-0.15, -0.1) is 0 Å². The largest absolute Gasteiger partial charge is 0.497 e. The van der Waals surface area contributed by atoms with Crippen LogP contribution in [-0.4, -0.2) is 56.5 Å². The maximum Gasteiger partial charge on any atom is 0.416 e. The third-order valence-electron chi connectivity index (χ3n) is 6.00. The summed E-state index contributed by atoms with van der Waals surface area (Å²) in [6.07, 6.45) is 0.873. The predicted molar refractivity (Wildman–Crippen MR) is 139 cm³/mol. The Bertz CT molecular complexity index is 1500. The second-order valence-electron chi connectivity index (χ2n) is 9.53. The van der Waals surface area contributed by atoms with Gasteiger partial charge in [0.05, 0.1) is 32.5 Å². The van der Waals surface area contributed by atoms with Crippen LogP contribution >= 0.6 is 0 Å². The number of aryl methyl sites for hydroxylation is 2. The maximum atomic E-state index is 13.6. The van der Waals surface area contributed by atoms with Crippen LogP contribution in [0.25, 0.3) is 22.1 Å². The third kappa shape index (κ3) is 4.64. The van der Waals surface area contributed by atoms with Crippen LogP contribution in [0.4, 0.5) is 10.6 Å². The molecule has 0 aliphatic rings. The molecule has 11 heteroatoms. The molecule has 0 saturated carbocycles. The number of carbonyl (C=O) groups is 2. The van der Waals surface area contributed by atoms with Crippen molar-refractivity contribution in [3.05, 3.63) is 41.3 Å². The molecule has 11 nitrogen and oxygen atoms in total. The minimum absolute atomic E-state index is 0.0618. The Morgan fingerprint density at radius 3 is 2.51 bits per heavy atom. The predicted octanol–water partition coefficient (Wildman–Crippen LogP) is 4.90. The number of anilines is 1. The zero-order valence-electron chi connectivity index (χ0n) is 22.0. The smallest absolute Gasteiger partial charge is 0.416 e. The molecule has 3 aromatic heterocycles. The number of ether oxygens (including phenoxy) is 3. The first-order valence-electron chi connectivity index (χ1n) is 11.8. The molecular formula is C26H31N5O6. The van der Waals surface area contributed by atoms with E-state index in [4.69, 9.17) is 19.2 Å². The monoisotopic (exact) mass is 509 g/mol. The van der Waals surface area contributed by atoms with Gasteiger partial charge in [0.15, 0.2) is 5.82 Å². The molecule has 0 bridgehead atoms. The van der Waals surface area contributed by atoms with Crippen molar-refractivity contribution < 1.29 is 28.9 Å². The molecule has 0 aliphatic heterocycles. The van der Waals surface area contributed by atoms with Crippen molar-refractivity contribution in [3.63, 3.8) is 0 Å². The summed E-state index contributed by atoms with van der Waals surface area (Å²) in [6.45, 7) is 9.36. The number of benzene rings is 1. The molecule has 1 aromatic carbocycles. The van der Waals surface area contributed by atoms with Gasteiger partial charge in [0.2, 0.25) is 0 Å².